The van der Waals surface area contributed by atoms with Crippen molar-refractivity contribution >= 4 is 6.09 Å². The molecule has 2 rings (SSSR count). The predicted octanol–water partition coefficient (Wildman–Crippen LogP) is 3.37. The van der Waals surface area contributed by atoms with E-state index in [2.05, 4.69) is 0 Å². The van der Waals surface area contributed by atoms with E-state index in [-0.39, 0.29) is 12.0 Å². The lowest BCUT2D eigenvalue weighted by atomic mass is 9.89. The summed E-state index contributed by atoms with van der Waals surface area (Å²) in [7, 11) is 0. The standard InChI is InChI=1S/C17H25NO3/c1-17(2,3)21-16(20)18-11-7-10-14(12-18)15(19)13-8-5-4-6-9-13/h4-6,8-9,14-15,19H,7,10-12H2,1-3H3/t14-,15+/m0/s1. The first-order valence-corrected chi connectivity index (χ1v) is 7.58. The predicted molar refractivity (Wildman–Crippen MR) is 81.9 cm³/mol. The van der Waals surface area contributed by atoms with Crippen molar-refractivity contribution in [3.63, 3.8) is 0 Å². The Morgan fingerprint density at radius 3 is 2.62 bits per heavy atom. The molecule has 0 spiro atoms. The maximum atomic E-state index is 12.1. The highest BCUT2D eigenvalue weighted by Gasteiger charge is 2.31. The van der Waals surface area contributed by atoms with Crippen LogP contribution in [0.15, 0.2) is 30.3 Å². The van der Waals surface area contributed by atoms with Crippen molar-refractivity contribution in [1.29, 1.82) is 0 Å². The lowest BCUT2D eigenvalue weighted by molar-refractivity contribution is 0.00239. The van der Waals surface area contributed by atoms with Gasteiger partial charge in [-0.3, -0.25) is 0 Å². The molecule has 4 heteroatoms. The minimum atomic E-state index is -0.531. The van der Waals surface area contributed by atoms with E-state index in [1.165, 1.54) is 0 Å². The molecule has 1 saturated heterocycles. The molecule has 1 aliphatic heterocycles. The molecule has 0 aliphatic carbocycles. The van der Waals surface area contributed by atoms with E-state index in [1.807, 2.05) is 51.1 Å². The Morgan fingerprint density at radius 2 is 2.00 bits per heavy atom. The third-order valence-electron chi connectivity index (χ3n) is 3.70. The average molecular weight is 291 g/mol. The first kappa shape index (κ1) is 15.8. The van der Waals surface area contributed by atoms with Crippen molar-refractivity contribution in [2.75, 3.05) is 13.1 Å². The largest absolute Gasteiger partial charge is 0.444 e. The maximum absolute atomic E-state index is 12.1. The quantitative estimate of drug-likeness (QED) is 0.909. The zero-order chi connectivity index (χ0) is 15.5. The highest BCUT2D eigenvalue weighted by atomic mass is 16.6. The van der Waals surface area contributed by atoms with Crippen LogP contribution in [0, 0.1) is 5.92 Å². The number of hydrogen-bond acceptors (Lipinski definition) is 3. The first-order valence-electron chi connectivity index (χ1n) is 7.58. The molecule has 116 valence electrons. The minimum absolute atomic E-state index is 0.0636. The maximum Gasteiger partial charge on any atom is 0.410 e. The van der Waals surface area contributed by atoms with Crippen LogP contribution < -0.4 is 0 Å². The first-order chi connectivity index (χ1) is 9.87. The number of benzene rings is 1. The zero-order valence-electron chi connectivity index (χ0n) is 13.1. The molecule has 21 heavy (non-hydrogen) atoms. The van der Waals surface area contributed by atoms with E-state index in [0.29, 0.717) is 13.1 Å². The van der Waals surface area contributed by atoms with Crippen LogP contribution in [0.3, 0.4) is 0 Å². The number of carbonyl (C=O) groups excluding carboxylic acids is 1. The smallest absolute Gasteiger partial charge is 0.410 e. The molecule has 1 aromatic carbocycles. The molecule has 1 aliphatic rings. The Balaban J connectivity index is 1.99. The Kier molecular flexibility index (Phi) is 4.88. The SMILES string of the molecule is CC(C)(C)OC(=O)N1CCC[C@H]([C@H](O)c2ccccc2)C1. The van der Waals surface area contributed by atoms with Gasteiger partial charge in [0.2, 0.25) is 0 Å². The van der Waals surface area contributed by atoms with Gasteiger partial charge in [-0.25, -0.2) is 4.79 Å². The van der Waals surface area contributed by atoms with Gasteiger partial charge in [0.15, 0.2) is 0 Å². The van der Waals surface area contributed by atoms with Crippen LogP contribution in [0.25, 0.3) is 0 Å². The summed E-state index contributed by atoms with van der Waals surface area (Å²) in [6, 6.07) is 9.64. The van der Waals surface area contributed by atoms with Crippen LogP contribution in [0.1, 0.15) is 45.3 Å². The molecule has 0 bridgehead atoms. The monoisotopic (exact) mass is 291 g/mol. The van der Waals surface area contributed by atoms with Gasteiger partial charge in [0.05, 0.1) is 6.10 Å². The average Bonchev–Trinajstić information content (AvgIpc) is 2.46. The van der Waals surface area contributed by atoms with Gasteiger partial charge in [0.1, 0.15) is 5.60 Å². The van der Waals surface area contributed by atoms with Gasteiger partial charge in [-0.1, -0.05) is 30.3 Å². The molecule has 1 heterocycles. The van der Waals surface area contributed by atoms with Gasteiger partial charge in [0, 0.05) is 19.0 Å². The molecule has 0 radical (unpaired) electrons. The highest BCUT2D eigenvalue weighted by Crippen LogP contribution is 2.30. The van der Waals surface area contributed by atoms with Crippen LogP contribution in [0.2, 0.25) is 0 Å². The minimum Gasteiger partial charge on any atom is -0.444 e. The fraction of sp³-hybridized carbons (Fsp3) is 0.588. The summed E-state index contributed by atoms with van der Waals surface area (Å²) in [6.45, 7) is 6.85. The third kappa shape index (κ3) is 4.46. The topological polar surface area (TPSA) is 49.8 Å². The summed E-state index contributed by atoms with van der Waals surface area (Å²) in [5.41, 5.74) is 0.427. The van der Waals surface area contributed by atoms with Crippen molar-refractivity contribution in [2.45, 2.75) is 45.3 Å². The second kappa shape index (κ2) is 6.48. The van der Waals surface area contributed by atoms with Gasteiger partial charge in [0.25, 0.3) is 0 Å². The number of amides is 1. The summed E-state index contributed by atoms with van der Waals surface area (Å²) in [5.74, 6) is 0.0636. The van der Waals surface area contributed by atoms with E-state index in [9.17, 15) is 9.90 Å². The number of ether oxygens (including phenoxy) is 1. The molecule has 1 fully saturated rings. The number of aliphatic hydroxyl groups is 1. The van der Waals surface area contributed by atoms with Crippen LogP contribution in [0.5, 0.6) is 0 Å². The highest BCUT2D eigenvalue weighted by molar-refractivity contribution is 5.68. The second-order valence-electron chi connectivity index (χ2n) is 6.68. The molecule has 1 aromatic rings. The van der Waals surface area contributed by atoms with E-state index < -0.39 is 11.7 Å². The van der Waals surface area contributed by atoms with E-state index in [0.717, 1.165) is 18.4 Å². The number of aliphatic hydroxyl groups excluding tert-OH is 1. The molecule has 2 atom stereocenters. The van der Waals surface area contributed by atoms with Crippen molar-refractivity contribution < 1.29 is 14.6 Å². The van der Waals surface area contributed by atoms with Crippen molar-refractivity contribution in [1.82, 2.24) is 4.90 Å². The van der Waals surface area contributed by atoms with Crippen molar-refractivity contribution in [2.24, 2.45) is 5.92 Å². The fourth-order valence-corrected chi connectivity index (χ4v) is 2.68. The van der Waals surface area contributed by atoms with Crippen LogP contribution in [0.4, 0.5) is 4.79 Å². The fourth-order valence-electron chi connectivity index (χ4n) is 2.68. The van der Waals surface area contributed by atoms with Gasteiger partial charge < -0.3 is 14.7 Å². The normalized spacial score (nSPS) is 21.0. The van der Waals surface area contributed by atoms with Crippen LogP contribution in [-0.4, -0.2) is 34.8 Å². The van der Waals surface area contributed by atoms with Crippen molar-refractivity contribution in [3.8, 4) is 0 Å². The Labute approximate surface area is 126 Å². The van der Waals surface area contributed by atoms with E-state index in [4.69, 9.17) is 4.74 Å². The summed E-state index contributed by atoms with van der Waals surface area (Å²) in [5, 5.41) is 10.5. The number of carbonyl (C=O) groups is 1. The molecule has 4 nitrogen and oxygen atoms in total. The summed E-state index contributed by atoms with van der Waals surface area (Å²) < 4.78 is 5.42. The molecule has 1 N–H and O–H groups in total. The number of likely N-dealkylation sites (tertiary alicyclic amines) is 1. The van der Waals surface area contributed by atoms with E-state index in [1.54, 1.807) is 4.90 Å². The van der Waals surface area contributed by atoms with Gasteiger partial charge in [-0.2, -0.15) is 0 Å². The lowest BCUT2D eigenvalue weighted by Gasteiger charge is -2.36. The molecule has 0 unspecified atom stereocenters. The lowest BCUT2D eigenvalue weighted by Crippen LogP contribution is -2.44. The number of nitrogens with zero attached hydrogens (tertiary/aromatic N) is 1. The van der Waals surface area contributed by atoms with Gasteiger partial charge >= 0.3 is 6.09 Å². The van der Waals surface area contributed by atoms with Crippen molar-refractivity contribution in [3.05, 3.63) is 35.9 Å². The zero-order valence-corrected chi connectivity index (χ0v) is 13.1. The summed E-state index contributed by atoms with van der Waals surface area (Å²) in [6.07, 6.45) is 1.01. The Bertz CT molecular complexity index is 467. The number of piperidine rings is 1. The summed E-state index contributed by atoms with van der Waals surface area (Å²) >= 11 is 0. The van der Waals surface area contributed by atoms with Crippen LogP contribution >= 0.6 is 0 Å². The second-order valence-corrected chi connectivity index (χ2v) is 6.68. The molecule has 0 aromatic heterocycles. The third-order valence-corrected chi connectivity index (χ3v) is 3.70. The number of rotatable bonds is 2. The number of hydrogen-bond donors (Lipinski definition) is 1. The molecule has 0 saturated carbocycles. The van der Waals surface area contributed by atoms with Gasteiger partial charge in [-0.15, -0.1) is 0 Å². The summed E-state index contributed by atoms with van der Waals surface area (Å²) in [4.78, 5) is 13.9. The Hall–Kier alpha value is -1.55. The molecular formula is C17H25NO3. The Morgan fingerprint density at radius 1 is 1.33 bits per heavy atom. The van der Waals surface area contributed by atoms with Crippen LogP contribution in [-0.2, 0) is 4.74 Å². The van der Waals surface area contributed by atoms with Gasteiger partial charge in [-0.05, 0) is 39.2 Å². The molecular weight excluding hydrogens is 266 g/mol. The van der Waals surface area contributed by atoms with E-state index >= 15 is 0 Å². The molecule has 1 amide bonds.